The highest BCUT2D eigenvalue weighted by molar-refractivity contribution is 5.39. The lowest BCUT2D eigenvalue weighted by atomic mass is 9.82. The van der Waals surface area contributed by atoms with Crippen LogP contribution in [0.3, 0.4) is 0 Å². The third-order valence-corrected chi connectivity index (χ3v) is 3.34. The standard InChI is InChI=1S/C14H21NO/c1-10(2)15-9-12-5-3-4-11-6-7-13(16)8-14(11)12/h6-8,10,12,15-16H,3-5,9H2,1-2H3. The molecule has 1 atom stereocenters. The maximum Gasteiger partial charge on any atom is 0.115 e. The van der Waals surface area contributed by atoms with Gasteiger partial charge in [0.05, 0.1) is 0 Å². The van der Waals surface area contributed by atoms with Gasteiger partial charge in [0.2, 0.25) is 0 Å². The zero-order valence-corrected chi connectivity index (χ0v) is 10.2. The van der Waals surface area contributed by atoms with Crippen molar-refractivity contribution in [1.29, 1.82) is 0 Å². The molecule has 2 N–H and O–H groups in total. The van der Waals surface area contributed by atoms with Crippen LogP contribution in [0.4, 0.5) is 0 Å². The van der Waals surface area contributed by atoms with Gasteiger partial charge in [-0.05, 0) is 48.4 Å². The summed E-state index contributed by atoms with van der Waals surface area (Å²) in [6.45, 7) is 5.37. The number of aromatic hydroxyl groups is 1. The summed E-state index contributed by atoms with van der Waals surface area (Å²) < 4.78 is 0. The third kappa shape index (κ3) is 2.56. The summed E-state index contributed by atoms with van der Waals surface area (Å²) in [5.74, 6) is 0.966. The Hall–Kier alpha value is -1.02. The van der Waals surface area contributed by atoms with E-state index in [1.165, 1.54) is 24.0 Å². The molecule has 0 aromatic heterocycles. The maximum absolute atomic E-state index is 9.56. The fourth-order valence-corrected chi connectivity index (χ4v) is 2.47. The molecule has 0 bridgehead atoms. The number of nitrogens with one attached hydrogen (secondary N) is 1. The predicted molar refractivity (Wildman–Crippen MR) is 66.9 cm³/mol. The lowest BCUT2D eigenvalue weighted by Crippen LogP contribution is -2.29. The number of phenolic OH excluding ortho intramolecular Hbond substituents is 1. The number of phenols is 1. The van der Waals surface area contributed by atoms with E-state index in [4.69, 9.17) is 0 Å². The molecule has 88 valence electrons. The van der Waals surface area contributed by atoms with Crippen LogP contribution in [0.25, 0.3) is 0 Å². The lowest BCUT2D eigenvalue weighted by molar-refractivity contribution is 0.459. The minimum atomic E-state index is 0.398. The maximum atomic E-state index is 9.56. The van der Waals surface area contributed by atoms with Crippen LogP contribution in [-0.2, 0) is 6.42 Å². The Bertz CT molecular complexity index is 360. The molecule has 0 aliphatic heterocycles. The van der Waals surface area contributed by atoms with E-state index < -0.39 is 0 Å². The van der Waals surface area contributed by atoms with Gasteiger partial charge in [-0.3, -0.25) is 0 Å². The van der Waals surface area contributed by atoms with E-state index in [1.54, 1.807) is 6.07 Å². The molecule has 0 radical (unpaired) electrons. The molecule has 16 heavy (non-hydrogen) atoms. The Morgan fingerprint density at radius 2 is 2.25 bits per heavy atom. The van der Waals surface area contributed by atoms with Crippen LogP contribution in [0.5, 0.6) is 5.75 Å². The first-order valence-electron chi connectivity index (χ1n) is 6.22. The van der Waals surface area contributed by atoms with Crippen molar-refractivity contribution >= 4 is 0 Å². The second kappa shape index (κ2) is 4.88. The highest BCUT2D eigenvalue weighted by Crippen LogP contribution is 2.33. The molecule has 2 heteroatoms. The molecule has 0 fully saturated rings. The van der Waals surface area contributed by atoms with Crippen molar-refractivity contribution in [3.8, 4) is 5.75 Å². The summed E-state index contributed by atoms with van der Waals surface area (Å²) in [4.78, 5) is 0. The average molecular weight is 219 g/mol. The van der Waals surface area contributed by atoms with E-state index in [-0.39, 0.29) is 0 Å². The predicted octanol–water partition coefficient (Wildman–Crippen LogP) is 2.81. The largest absolute Gasteiger partial charge is 0.508 e. The van der Waals surface area contributed by atoms with Gasteiger partial charge in [-0.25, -0.2) is 0 Å². The Morgan fingerprint density at radius 1 is 1.44 bits per heavy atom. The summed E-state index contributed by atoms with van der Waals surface area (Å²) >= 11 is 0. The molecule has 1 aliphatic rings. The van der Waals surface area contributed by atoms with Crippen LogP contribution < -0.4 is 5.32 Å². The van der Waals surface area contributed by atoms with Gasteiger partial charge in [-0.15, -0.1) is 0 Å². The quantitative estimate of drug-likeness (QED) is 0.819. The normalized spacial score (nSPS) is 19.8. The van der Waals surface area contributed by atoms with Gasteiger partial charge in [-0.2, -0.15) is 0 Å². The van der Waals surface area contributed by atoms with Crippen molar-refractivity contribution in [2.45, 2.75) is 45.1 Å². The molecule has 1 aliphatic carbocycles. The van der Waals surface area contributed by atoms with Gasteiger partial charge in [0.25, 0.3) is 0 Å². The van der Waals surface area contributed by atoms with Crippen molar-refractivity contribution in [3.05, 3.63) is 29.3 Å². The Labute approximate surface area is 97.7 Å². The van der Waals surface area contributed by atoms with Gasteiger partial charge in [0.15, 0.2) is 0 Å². The molecule has 0 saturated carbocycles. The number of hydrogen-bond donors (Lipinski definition) is 2. The van der Waals surface area contributed by atoms with Crippen LogP contribution in [0, 0.1) is 0 Å². The minimum absolute atomic E-state index is 0.398. The highest BCUT2D eigenvalue weighted by atomic mass is 16.3. The van der Waals surface area contributed by atoms with Crippen LogP contribution >= 0.6 is 0 Å². The number of aryl methyl sites for hydroxylation is 1. The smallest absolute Gasteiger partial charge is 0.115 e. The number of benzene rings is 1. The summed E-state index contributed by atoms with van der Waals surface area (Å²) in [5, 5.41) is 13.1. The van der Waals surface area contributed by atoms with Crippen LogP contribution in [0.2, 0.25) is 0 Å². The lowest BCUT2D eigenvalue weighted by Gasteiger charge is -2.26. The first-order valence-corrected chi connectivity index (χ1v) is 6.22. The molecule has 1 aromatic rings. The molecule has 2 rings (SSSR count). The molecule has 0 heterocycles. The first kappa shape index (κ1) is 11.5. The summed E-state index contributed by atoms with van der Waals surface area (Å²) in [7, 11) is 0. The summed E-state index contributed by atoms with van der Waals surface area (Å²) in [6.07, 6.45) is 3.66. The van der Waals surface area contributed by atoms with Crippen LogP contribution in [-0.4, -0.2) is 17.7 Å². The third-order valence-electron chi connectivity index (χ3n) is 3.34. The van der Waals surface area contributed by atoms with Crippen molar-refractivity contribution in [2.24, 2.45) is 0 Å². The molecular weight excluding hydrogens is 198 g/mol. The summed E-state index contributed by atoms with van der Waals surface area (Å²) in [6, 6.07) is 6.35. The van der Waals surface area contributed by atoms with Gasteiger partial charge in [-0.1, -0.05) is 19.9 Å². The van der Waals surface area contributed by atoms with E-state index in [2.05, 4.69) is 25.2 Å². The molecule has 2 nitrogen and oxygen atoms in total. The SMILES string of the molecule is CC(C)NCC1CCCc2ccc(O)cc21. The fraction of sp³-hybridized carbons (Fsp3) is 0.571. The topological polar surface area (TPSA) is 32.3 Å². The molecular formula is C14H21NO. The number of fused-ring (bicyclic) bond motifs is 1. The van der Waals surface area contributed by atoms with E-state index >= 15 is 0 Å². The zero-order valence-electron chi connectivity index (χ0n) is 10.2. The van der Waals surface area contributed by atoms with E-state index in [0.717, 1.165) is 13.0 Å². The highest BCUT2D eigenvalue weighted by Gasteiger charge is 2.20. The zero-order chi connectivity index (χ0) is 11.5. The van der Waals surface area contributed by atoms with Crippen LogP contribution in [0.1, 0.15) is 43.7 Å². The second-order valence-electron chi connectivity index (χ2n) is 5.04. The average Bonchev–Trinajstić information content (AvgIpc) is 2.26. The second-order valence-corrected chi connectivity index (χ2v) is 5.04. The van der Waals surface area contributed by atoms with E-state index in [1.807, 2.05) is 6.07 Å². The Kier molecular flexibility index (Phi) is 3.49. The van der Waals surface area contributed by atoms with Gasteiger partial charge < -0.3 is 10.4 Å². The van der Waals surface area contributed by atoms with Crippen molar-refractivity contribution in [3.63, 3.8) is 0 Å². The monoisotopic (exact) mass is 219 g/mol. The molecule has 1 aromatic carbocycles. The van der Waals surface area contributed by atoms with Gasteiger partial charge in [0, 0.05) is 12.6 Å². The molecule has 1 unspecified atom stereocenters. The van der Waals surface area contributed by atoms with Crippen molar-refractivity contribution in [1.82, 2.24) is 5.32 Å². The summed E-state index contributed by atoms with van der Waals surface area (Å²) in [5.41, 5.74) is 2.76. The fourth-order valence-electron chi connectivity index (χ4n) is 2.47. The van der Waals surface area contributed by atoms with Crippen LogP contribution in [0.15, 0.2) is 18.2 Å². The van der Waals surface area contributed by atoms with E-state index in [9.17, 15) is 5.11 Å². The minimum Gasteiger partial charge on any atom is -0.508 e. The molecule has 0 saturated heterocycles. The number of hydrogen-bond acceptors (Lipinski definition) is 2. The molecule has 0 spiro atoms. The van der Waals surface area contributed by atoms with Crippen molar-refractivity contribution < 1.29 is 5.11 Å². The molecule has 0 amide bonds. The van der Waals surface area contributed by atoms with Crippen molar-refractivity contribution in [2.75, 3.05) is 6.54 Å². The van der Waals surface area contributed by atoms with Gasteiger partial charge >= 0.3 is 0 Å². The Morgan fingerprint density at radius 3 is 3.00 bits per heavy atom. The Balaban J connectivity index is 2.15. The van der Waals surface area contributed by atoms with E-state index in [0.29, 0.717) is 17.7 Å². The van der Waals surface area contributed by atoms with Gasteiger partial charge in [0.1, 0.15) is 5.75 Å². The first-order chi connectivity index (χ1) is 7.66. The number of rotatable bonds is 3.